The first kappa shape index (κ1) is 19.4. The number of non-ortho nitro benzene ring substituents is 1. The smallest absolute Gasteiger partial charge is 0.337 e. The number of nitrogens with one attached hydrogen (secondary N) is 2. The van der Waals surface area contributed by atoms with Crippen molar-refractivity contribution in [1.82, 2.24) is 10.9 Å². The summed E-state index contributed by atoms with van der Waals surface area (Å²) in [6, 6.07) is 10.9. The third-order valence-electron chi connectivity index (χ3n) is 3.28. The minimum Gasteiger partial charge on any atom is -0.484 e. The molecule has 0 aromatic heterocycles. The highest BCUT2D eigenvalue weighted by atomic mass is 16.6. The molecule has 0 aliphatic heterocycles. The summed E-state index contributed by atoms with van der Waals surface area (Å²) >= 11 is 0. The van der Waals surface area contributed by atoms with Gasteiger partial charge in [0.2, 0.25) is 0 Å². The summed E-state index contributed by atoms with van der Waals surface area (Å²) in [7, 11) is 1.22. The molecule has 0 aliphatic rings. The maximum atomic E-state index is 12.0. The Morgan fingerprint density at radius 1 is 1.04 bits per heavy atom. The third kappa shape index (κ3) is 5.53. The van der Waals surface area contributed by atoms with E-state index in [1.165, 1.54) is 55.6 Å². The average Bonchev–Trinajstić information content (AvgIpc) is 2.70. The van der Waals surface area contributed by atoms with Crippen molar-refractivity contribution in [2.75, 3.05) is 13.7 Å². The topological polar surface area (TPSA) is 137 Å². The van der Waals surface area contributed by atoms with Crippen molar-refractivity contribution >= 4 is 23.5 Å². The van der Waals surface area contributed by atoms with Crippen molar-refractivity contribution in [3.05, 3.63) is 69.8 Å². The van der Waals surface area contributed by atoms with Crippen LogP contribution >= 0.6 is 0 Å². The Balaban J connectivity index is 1.83. The molecule has 0 heterocycles. The van der Waals surface area contributed by atoms with E-state index in [0.717, 1.165) is 0 Å². The largest absolute Gasteiger partial charge is 0.484 e. The lowest BCUT2D eigenvalue weighted by molar-refractivity contribution is -0.384. The van der Waals surface area contributed by atoms with Gasteiger partial charge in [-0.05, 0) is 30.3 Å². The second kappa shape index (κ2) is 8.94. The summed E-state index contributed by atoms with van der Waals surface area (Å²) in [5, 5.41) is 10.6. The molecule has 2 aromatic rings. The summed E-state index contributed by atoms with van der Waals surface area (Å²) in [4.78, 5) is 45.2. The fourth-order valence-corrected chi connectivity index (χ4v) is 1.95. The number of nitro benzene ring substituents is 1. The van der Waals surface area contributed by atoms with E-state index in [2.05, 4.69) is 15.6 Å². The van der Waals surface area contributed by atoms with Gasteiger partial charge in [0.15, 0.2) is 6.61 Å². The number of nitrogens with zero attached hydrogens (tertiary/aromatic N) is 1. The molecule has 2 amide bonds. The molecule has 0 radical (unpaired) electrons. The van der Waals surface area contributed by atoms with Crippen LogP contribution in [0.25, 0.3) is 0 Å². The van der Waals surface area contributed by atoms with Gasteiger partial charge < -0.3 is 9.47 Å². The van der Waals surface area contributed by atoms with E-state index in [-0.39, 0.29) is 22.6 Å². The predicted octanol–water partition coefficient (Wildman–Crippen LogP) is 1.22. The lowest BCUT2D eigenvalue weighted by Crippen LogP contribution is -2.43. The molecule has 0 atom stereocenters. The van der Waals surface area contributed by atoms with Crippen LogP contribution in [-0.4, -0.2) is 36.4 Å². The maximum absolute atomic E-state index is 12.0. The molecule has 0 bridgehead atoms. The van der Waals surface area contributed by atoms with Crippen LogP contribution in [0, 0.1) is 10.1 Å². The summed E-state index contributed by atoms with van der Waals surface area (Å²) < 4.78 is 9.73. The quantitative estimate of drug-likeness (QED) is 0.441. The van der Waals surface area contributed by atoms with Crippen LogP contribution in [0.5, 0.6) is 5.75 Å². The zero-order chi connectivity index (χ0) is 19.8. The van der Waals surface area contributed by atoms with E-state index in [9.17, 15) is 24.5 Å². The van der Waals surface area contributed by atoms with Crippen LogP contribution in [0.1, 0.15) is 20.7 Å². The fraction of sp³-hybridized carbons (Fsp3) is 0.118. The van der Waals surface area contributed by atoms with Crippen molar-refractivity contribution in [2.24, 2.45) is 0 Å². The Hall–Kier alpha value is -3.95. The highest BCUT2D eigenvalue weighted by molar-refractivity contribution is 5.98. The third-order valence-corrected chi connectivity index (χ3v) is 3.28. The second-order valence-electron chi connectivity index (χ2n) is 5.11. The Labute approximate surface area is 153 Å². The molecule has 0 saturated heterocycles. The van der Waals surface area contributed by atoms with Crippen LogP contribution in [-0.2, 0) is 9.53 Å². The van der Waals surface area contributed by atoms with Crippen molar-refractivity contribution in [2.45, 2.75) is 0 Å². The summed E-state index contributed by atoms with van der Waals surface area (Å²) in [5.41, 5.74) is 4.58. The van der Waals surface area contributed by atoms with Gasteiger partial charge in [0.1, 0.15) is 5.75 Å². The molecule has 10 nitrogen and oxygen atoms in total. The summed E-state index contributed by atoms with van der Waals surface area (Å²) in [6.45, 7) is -0.416. The molecule has 2 rings (SSSR count). The van der Waals surface area contributed by atoms with E-state index in [1.807, 2.05) is 0 Å². The molecule has 2 N–H and O–H groups in total. The average molecular weight is 373 g/mol. The normalized spacial score (nSPS) is 9.81. The van der Waals surface area contributed by atoms with Crippen molar-refractivity contribution in [1.29, 1.82) is 0 Å². The zero-order valence-corrected chi connectivity index (χ0v) is 14.1. The highest BCUT2D eigenvalue weighted by Gasteiger charge is 2.12. The number of hydrogen-bond donors (Lipinski definition) is 2. The van der Waals surface area contributed by atoms with Gasteiger partial charge in [-0.15, -0.1) is 0 Å². The van der Waals surface area contributed by atoms with Gasteiger partial charge in [0, 0.05) is 17.7 Å². The number of esters is 1. The molecule has 2 aromatic carbocycles. The number of hydrazine groups is 1. The standard InChI is InChI=1S/C17H15N3O7/c1-26-17(23)12-4-2-3-11(9-12)16(22)19-18-15(21)10-27-14-7-5-13(6-8-14)20(24)25/h2-9H,10H2,1H3,(H,18,21)(H,19,22). The van der Waals surface area contributed by atoms with Crippen LogP contribution in [0.3, 0.4) is 0 Å². The van der Waals surface area contributed by atoms with Gasteiger partial charge in [-0.25, -0.2) is 4.79 Å². The maximum Gasteiger partial charge on any atom is 0.337 e. The Morgan fingerprint density at radius 2 is 1.70 bits per heavy atom. The Morgan fingerprint density at radius 3 is 2.33 bits per heavy atom. The second-order valence-corrected chi connectivity index (χ2v) is 5.11. The van der Waals surface area contributed by atoms with Crippen molar-refractivity contribution in [3.8, 4) is 5.75 Å². The molecule has 10 heteroatoms. The molecule has 140 valence electrons. The number of rotatable bonds is 6. The monoisotopic (exact) mass is 373 g/mol. The first-order valence-electron chi connectivity index (χ1n) is 7.55. The minimum absolute atomic E-state index is 0.103. The molecule has 0 saturated carbocycles. The Bertz CT molecular complexity index is 865. The van der Waals surface area contributed by atoms with Crippen molar-refractivity contribution < 1.29 is 28.8 Å². The zero-order valence-electron chi connectivity index (χ0n) is 14.1. The minimum atomic E-state index is -0.647. The first-order chi connectivity index (χ1) is 12.9. The SMILES string of the molecule is COC(=O)c1cccc(C(=O)NNC(=O)COc2ccc([N+](=O)[O-])cc2)c1. The van der Waals surface area contributed by atoms with Gasteiger partial charge >= 0.3 is 5.97 Å². The van der Waals surface area contributed by atoms with Crippen LogP contribution in [0.2, 0.25) is 0 Å². The van der Waals surface area contributed by atoms with Crippen LogP contribution in [0.4, 0.5) is 5.69 Å². The molecular formula is C17H15N3O7. The summed E-state index contributed by atoms with van der Waals surface area (Å²) in [5.74, 6) is -1.62. The van der Waals surface area contributed by atoms with Gasteiger partial charge in [0.05, 0.1) is 17.6 Å². The fourth-order valence-electron chi connectivity index (χ4n) is 1.95. The lowest BCUT2D eigenvalue weighted by atomic mass is 10.1. The lowest BCUT2D eigenvalue weighted by Gasteiger charge is -2.09. The van der Waals surface area contributed by atoms with Gasteiger partial charge in [0.25, 0.3) is 17.5 Å². The number of methoxy groups -OCH3 is 1. The molecule has 0 fully saturated rings. The molecule has 0 unspecified atom stereocenters. The predicted molar refractivity (Wildman–Crippen MR) is 92.0 cm³/mol. The molecule has 0 spiro atoms. The van der Waals surface area contributed by atoms with E-state index in [4.69, 9.17) is 4.74 Å². The first-order valence-corrected chi connectivity index (χ1v) is 7.55. The highest BCUT2D eigenvalue weighted by Crippen LogP contribution is 2.17. The number of nitro groups is 1. The van der Waals surface area contributed by atoms with E-state index in [0.29, 0.717) is 0 Å². The van der Waals surface area contributed by atoms with Gasteiger partial charge in [-0.3, -0.25) is 30.6 Å². The van der Waals surface area contributed by atoms with Gasteiger partial charge in [-0.1, -0.05) is 6.07 Å². The number of benzene rings is 2. The molecule has 0 aliphatic carbocycles. The molecular weight excluding hydrogens is 358 g/mol. The van der Waals surface area contributed by atoms with E-state index < -0.39 is 29.3 Å². The Kier molecular flexibility index (Phi) is 6.42. The number of carbonyl (C=O) groups is 3. The van der Waals surface area contributed by atoms with Crippen molar-refractivity contribution in [3.63, 3.8) is 0 Å². The van der Waals surface area contributed by atoms with E-state index in [1.54, 1.807) is 0 Å². The van der Waals surface area contributed by atoms with Crippen LogP contribution in [0.15, 0.2) is 48.5 Å². The van der Waals surface area contributed by atoms with E-state index >= 15 is 0 Å². The summed E-state index contributed by atoms with van der Waals surface area (Å²) in [6.07, 6.45) is 0. The van der Waals surface area contributed by atoms with Crippen LogP contribution < -0.4 is 15.6 Å². The number of ether oxygens (including phenoxy) is 2. The number of amides is 2. The number of hydrogen-bond acceptors (Lipinski definition) is 7. The molecule has 27 heavy (non-hydrogen) atoms. The number of carbonyl (C=O) groups excluding carboxylic acids is 3. The van der Waals surface area contributed by atoms with Gasteiger partial charge in [-0.2, -0.15) is 0 Å².